The van der Waals surface area contributed by atoms with E-state index in [-0.39, 0.29) is 16.8 Å². The SMILES string of the molecule is CCc1cc(B2OC(C)(C)C(C)(C)O2)c[nH]c1=O. The van der Waals surface area contributed by atoms with Crippen molar-refractivity contribution in [2.24, 2.45) is 0 Å². The van der Waals surface area contributed by atoms with Crippen molar-refractivity contribution < 1.29 is 9.31 Å². The highest BCUT2D eigenvalue weighted by Gasteiger charge is 2.51. The maximum atomic E-state index is 11.5. The molecule has 0 aliphatic carbocycles. The number of nitrogens with one attached hydrogen (secondary N) is 1. The second-order valence-electron chi connectivity index (χ2n) is 5.73. The Morgan fingerprint density at radius 2 is 1.78 bits per heavy atom. The van der Waals surface area contributed by atoms with Gasteiger partial charge in [-0.1, -0.05) is 13.0 Å². The van der Waals surface area contributed by atoms with Gasteiger partial charge in [0, 0.05) is 11.8 Å². The number of H-pyrrole nitrogens is 1. The summed E-state index contributed by atoms with van der Waals surface area (Å²) in [5.41, 5.74) is 0.852. The van der Waals surface area contributed by atoms with Crippen molar-refractivity contribution in [2.45, 2.75) is 52.2 Å². The van der Waals surface area contributed by atoms with Gasteiger partial charge >= 0.3 is 7.12 Å². The molecule has 2 heterocycles. The number of aromatic amines is 1. The third kappa shape index (κ3) is 2.13. The average molecular weight is 249 g/mol. The minimum Gasteiger partial charge on any atom is -0.399 e. The van der Waals surface area contributed by atoms with Crippen molar-refractivity contribution in [3.63, 3.8) is 0 Å². The van der Waals surface area contributed by atoms with Crippen LogP contribution in [0.1, 0.15) is 40.2 Å². The topological polar surface area (TPSA) is 51.3 Å². The fourth-order valence-electron chi connectivity index (χ4n) is 1.93. The Hall–Kier alpha value is -1.07. The lowest BCUT2D eigenvalue weighted by Gasteiger charge is -2.32. The zero-order chi connectivity index (χ0) is 13.6. The van der Waals surface area contributed by atoms with E-state index < -0.39 is 7.12 Å². The lowest BCUT2D eigenvalue weighted by atomic mass is 9.79. The largest absolute Gasteiger partial charge is 0.496 e. The highest BCUT2D eigenvalue weighted by atomic mass is 16.7. The fraction of sp³-hybridized carbons (Fsp3) is 0.615. The first-order valence-corrected chi connectivity index (χ1v) is 6.34. The van der Waals surface area contributed by atoms with E-state index in [4.69, 9.17) is 9.31 Å². The molecule has 1 saturated heterocycles. The smallest absolute Gasteiger partial charge is 0.399 e. The van der Waals surface area contributed by atoms with Gasteiger partial charge in [-0.05, 0) is 39.6 Å². The van der Waals surface area contributed by atoms with Gasteiger partial charge in [0.25, 0.3) is 5.56 Å². The van der Waals surface area contributed by atoms with Crippen molar-refractivity contribution in [3.05, 3.63) is 28.2 Å². The highest BCUT2D eigenvalue weighted by Crippen LogP contribution is 2.36. The number of aryl methyl sites for hydroxylation is 1. The number of pyridine rings is 1. The summed E-state index contributed by atoms with van der Waals surface area (Å²) in [4.78, 5) is 14.3. The van der Waals surface area contributed by atoms with Gasteiger partial charge in [0.2, 0.25) is 0 Å². The van der Waals surface area contributed by atoms with Gasteiger partial charge in [-0.15, -0.1) is 0 Å². The van der Waals surface area contributed by atoms with E-state index in [1.807, 2.05) is 40.7 Å². The summed E-state index contributed by atoms with van der Waals surface area (Å²) in [5, 5.41) is 0. The first kappa shape index (κ1) is 13.4. The molecule has 0 aromatic carbocycles. The average Bonchev–Trinajstić information content (AvgIpc) is 2.49. The minimum absolute atomic E-state index is 0.0437. The van der Waals surface area contributed by atoms with Gasteiger partial charge in [-0.2, -0.15) is 0 Å². The van der Waals surface area contributed by atoms with Crippen LogP contribution >= 0.6 is 0 Å². The molecule has 0 radical (unpaired) electrons. The molecule has 5 heteroatoms. The van der Waals surface area contributed by atoms with Gasteiger partial charge in [0.05, 0.1) is 11.2 Å². The molecule has 1 aliphatic heterocycles. The van der Waals surface area contributed by atoms with Crippen LogP contribution in [-0.2, 0) is 15.7 Å². The molecular weight excluding hydrogens is 229 g/mol. The summed E-state index contributed by atoms with van der Waals surface area (Å²) in [6, 6.07) is 1.86. The number of rotatable bonds is 2. The zero-order valence-corrected chi connectivity index (χ0v) is 11.7. The third-order valence-corrected chi connectivity index (χ3v) is 3.91. The van der Waals surface area contributed by atoms with Crippen molar-refractivity contribution in [1.29, 1.82) is 0 Å². The number of aromatic nitrogens is 1. The Kier molecular flexibility index (Phi) is 3.15. The van der Waals surface area contributed by atoms with Gasteiger partial charge < -0.3 is 14.3 Å². The molecule has 98 valence electrons. The van der Waals surface area contributed by atoms with E-state index in [9.17, 15) is 4.79 Å². The molecule has 4 nitrogen and oxygen atoms in total. The van der Waals surface area contributed by atoms with E-state index in [0.717, 1.165) is 11.0 Å². The predicted octanol–water partition coefficient (Wildman–Crippen LogP) is 1.24. The Balaban J connectivity index is 2.32. The molecule has 0 amide bonds. The summed E-state index contributed by atoms with van der Waals surface area (Å²) >= 11 is 0. The van der Waals surface area contributed by atoms with Gasteiger partial charge in [-0.25, -0.2) is 0 Å². The highest BCUT2D eigenvalue weighted by molar-refractivity contribution is 6.62. The maximum absolute atomic E-state index is 11.5. The second-order valence-corrected chi connectivity index (χ2v) is 5.73. The first-order valence-electron chi connectivity index (χ1n) is 6.34. The van der Waals surface area contributed by atoms with Crippen molar-refractivity contribution >= 4 is 12.6 Å². The van der Waals surface area contributed by atoms with E-state index in [2.05, 4.69) is 4.98 Å². The molecule has 18 heavy (non-hydrogen) atoms. The monoisotopic (exact) mass is 249 g/mol. The minimum atomic E-state index is -0.419. The summed E-state index contributed by atoms with van der Waals surface area (Å²) < 4.78 is 11.9. The van der Waals surface area contributed by atoms with Crippen LogP contribution in [0.3, 0.4) is 0 Å². The lowest BCUT2D eigenvalue weighted by Crippen LogP contribution is -2.41. The molecular formula is C13H20BNO3. The van der Waals surface area contributed by atoms with Crippen molar-refractivity contribution in [3.8, 4) is 0 Å². The molecule has 0 saturated carbocycles. The van der Waals surface area contributed by atoms with Gasteiger partial charge in [0.15, 0.2) is 0 Å². The summed E-state index contributed by atoms with van der Waals surface area (Å²) in [6.07, 6.45) is 2.37. The second kappa shape index (κ2) is 4.25. The summed E-state index contributed by atoms with van der Waals surface area (Å²) in [7, 11) is -0.419. The maximum Gasteiger partial charge on any atom is 0.496 e. The van der Waals surface area contributed by atoms with Crippen LogP contribution in [0.2, 0.25) is 0 Å². The van der Waals surface area contributed by atoms with E-state index in [1.165, 1.54) is 0 Å². The Bertz CT molecular complexity index is 491. The van der Waals surface area contributed by atoms with Crippen LogP contribution in [0.4, 0.5) is 0 Å². The Morgan fingerprint density at radius 3 is 2.28 bits per heavy atom. The first-order chi connectivity index (χ1) is 8.27. The molecule has 1 N–H and O–H groups in total. The molecule has 1 aromatic heterocycles. The van der Waals surface area contributed by atoms with Crippen molar-refractivity contribution in [2.75, 3.05) is 0 Å². The molecule has 0 unspecified atom stereocenters. The van der Waals surface area contributed by atoms with E-state index >= 15 is 0 Å². The zero-order valence-electron chi connectivity index (χ0n) is 11.7. The van der Waals surface area contributed by atoms with Gasteiger partial charge in [0.1, 0.15) is 0 Å². The fourth-order valence-corrected chi connectivity index (χ4v) is 1.93. The normalized spacial score (nSPS) is 21.3. The van der Waals surface area contributed by atoms with Crippen LogP contribution in [0.15, 0.2) is 17.1 Å². The molecule has 0 bridgehead atoms. The van der Waals surface area contributed by atoms with Crippen LogP contribution in [0.25, 0.3) is 0 Å². The molecule has 2 rings (SSSR count). The Labute approximate surface area is 108 Å². The molecule has 0 atom stereocenters. The predicted molar refractivity (Wildman–Crippen MR) is 72.2 cm³/mol. The van der Waals surface area contributed by atoms with Crippen LogP contribution in [0, 0.1) is 0 Å². The summed E-state index contributed by atoms with van der Waals surface area (Å²) in [6.45, 7) is 10.0. The van der Waals surface area contributed by atoms with Crippen LogP contribution < -0.4 is 11.0 Å². The number of hydrogen-bond donors (Lipinski definition) is 1. The molecule has 0 spiro atoms. The molecule has 1 aliphatic rings. The Morgan fingerprint density at radius 1 is 1.22 bits per heavy atom. The van der Waals surface area contributed by atoms with E-state index in [1.54, 1.807) is 6.20 Å². The summed E-state index contributed by atoms with van der Waals surface area (Å²) in [5.74, 6) is 0. The molecule has 1 fully saturated rings. The van der Waals surface area contributed by atoms with Gasteiger partial charge in [-0.3, -0.25) is 4.79 Å². The van der Waals surface area contributed by atoms with E-state index in [0.29, 0.717) is 6.42 Å². The van der Waals surface area contributed by atoms with Crippen molar-refractivity contribution in [1.82, 2.24) is 4.98 Å². The quantitative estimate of drug-likeness (QED) is 0.802. The lowest BCUT2D eigenvalue weighted by molar-refractivity contribution is 0.00578. The van der Waals surface area contributed by atoms with Crippen LogP contribution in [-0.4, -0.2) is 23.3 Å². The molecule has 1 aromatic rings. The standard InChI is InChI=1S/C13H20BNO3/c1-6-9-7-10(8-15-11(9)16)14-17-12(2,3)13(4,5)18-14/h7-8H,6H2,1-5H3,(H,15,16). The third-order valence-electron chi connectivity index (χ3n) is 3.91. The van der Waals surface area contributed by atoms with Crippen LogP contribution in [0.5, 0.6) is 0 Å². The number of hydrogen-bond acceptors (Lipinski definition) is 3.